The van der Waals surface area contributed by atoms with E-state index in [4.69, 9.17) is 0 Å². The SMILES string of the molecule is CCC(C)=C1[C@H]2C=C[C@@H]1[C@H]1C(=O)N(c3ccccc3)C(=O)[C@H]12. The molecular formula is C19H19NO2. The minimum atomic E-state index is -0.195. The van der Waals surface area contributed by atoms with Gasteiger partial charge in [-0.05, 0) is 25.5 Å². The molecule has 0 unspecified atom stereocenters. The fourth-order valence-electron chi connectivity index (χ4n) is 4.37. The van der Waals surface area contributed by atoms with E-state index in [9.17, 15) is 9.59 Å². The van der Waals surface area contributed by atoms with Gasteiger partial charge >= 0.3 is 0 Å². The lowest BCUT2D eigenvalue weighted by atomic mass is 9.85. The molecule has 3 heteroatoms. The Hall–Kier alpha value is -2.16. The molecule has 4 rings (SSSR count). The molecule has 1 heterocycles. The van der Waals surface area contributed by atoms with Crippen molar-refractivity contribution < 1.29 is 9.59 Å². The van der Waals surface area contributed by atoms with E-state index < -0.39 is 0 Å². The fraction of sp³-hybridized carbons (Fsp3) is 0.368. The lowest BCUT2D eigenvalue weighted by molar-refractivity contribution is -0.122. The average molecular weight is 293 g/mol. The van der Waals surface area contributed by atoms with E-state index in [0.29, 0.717) is 5.69 Å². The molecule has 3 aliphatic rings. The van der Waals surface area contributed by atoms with Gasteiger partial charge in [0.1, 0.15) is 0 Å². The Morgan fingerprint density at radius 3 is 2.05 bits per heavy atom. The Bertz CT molecular complexity index is 682. The summed E-state index contributed by atoms with van der Waals surface area (Å²) in [5.74, 6) is -0.197. The second kappa shape index (κ2) is 4.67. The number of benzene rings is 1. The number of hydrogen-bond donors (Lipinski definition) is 0. The number of anilines is 1. The average Bonchev–Trinajstić information content (AvgIpc) is 3.17. The summed E-state index contributed by atoms with van der Waals surface area (Å²) in [4.78, 5) is 27.2. The van der Waals surface area contributed by atoms with Gasteiger partial charge in [-0.15, -0.1) is 0 Å². The van der Waals surface area contributed by atoms with Crippen LogP contribution in [-0.2, 0) is 9.59 Å². The highest BCUT2D eigenvalue weighted by Crippen LogP contribution is 2.57. The van der Waals surface area contributed by atoms with E-state index in [1.54, 1.807) is 0 Å². The third kappa shape index (κ3) is 1.57. The number of imide groups is 1. The molecule has 4 atom stereocenters. The van der Waals surface area contributed by atoms with Gasteiger partial charge in [-0.3, -0.25) is 9.59 Å². The summed E-state index contributed by atoms with van der Waals surface area (Å²) in [6.45, 7) is 4.27. The maximum absolute atomic E-state index is 12.9. The van der Waals surface area contributed by atoms with Crippen LogP contribution < -0.4 is 4.90 Å². The van der Waals surface area contributed by atoms with Crippen molar-refractivity contribution in [2.45, 2.75) is 20.3 Å². The van der Waals surface area contributed by atoms with Crippen LogP contribution in [0.5, 0.6) is 0 Å². The van der Waals surface area contributed by atoms with E-state index in [-0.39, 0.29) is 35.5 Å². The summed E-state index contributed by atoms with van der Waals surface area (Å²) in [6, 6.07) is 9.29. The quantitative estimate of drug-likeness (QED) is 0.619. The molecule has 2 fully saturated rings. The molecule has 3 nitrogen and oxygen atoms in total. The van der Waals surface area contributed by atoms with Gasteiger partial charge in [-0.2, -0.15) is 0 Å². The van der Waals surface area contributed by atoms with Crippen molar-refractivity contribution in [3.63, 3.8) is 0 Å². The van der Waals surface area contributed by atoms with Crippen LogP contribution in [0.3, 0.4) is 0 Å². The van der Waals surface area contributed by atoms with Gasteiger partial charge in [0.2, 0.25) is 11.8 Å². The molecule has 1 saturated carbocycles. The zero-order valence-corrected chi connectivity index (χ0v) is 12.8. The van der Waals surface area contributed by atoms with Gasteiger partial charge in [0.25, 0.3) is 0 Å². The molecule has 2 aliphatic carbocycles. The van der Waals surface area contributed by atoms with Crippen molar-refractivity contribution >= 4 is 17.5 Å². The van der Waals surface area contributed by atoms with Gasteiger partial charge in [0, 0.05) is 11.8 Å². The number of rotatable bonds is 2. The molecule has 2 amide bonds. The van der Waals surface area contributed by atoms with Crippen molar-refractivity contribution in [2.24, 2.45) is 23.7 Å². The summed E-state index contributed by atoms with van der Waals surface area (Å²) in [5.41, 5.74) is 3.36. The largest absolute Gasteiger partial charge is 0.274 e. The van der Waals surface area contributed by atoms with Crippen LogP contribution in [0.4, 0.5) is 5.69 Å². The van der Waals surface area contributed by atoms with Crippen LogP contribution in [0.25, 0.3) is 0 Å². The molecule has 0 aromatic heterocycles. The van der Waals surface area contributed by atoms with Crippen LogP contribution >= 0.6 is 0 Å². The summed E-state index contributed by atoms with van der Waals surface area (Å²) < 4.78 is 0. The lowest BCUT2D eigenvalue weighted by Crippen LogP contribution is -2.33. The maximum Gasteiger partial charge on any atom is 0.238 e. The molecule has 0 N–H and O–H groups in total. The highest BCUT2D eigenvalue weighted by Gasteiger charge is 2.61. The van der Waals surface area contributed by atoms with E-state index >= 15 is 0 Å². The van der Waals surface area contributed by atoms with Crippen LogP contribution in [-0.4, -0.2) is 11.8 Å². The highest BCUT2D eigenvalue weighted by molar-refractivity contribution is 6.23. The first-order valence-electron chi connectivity index (χ1n) is 7.96. The molecule has 0 spiro atoms. The molecular weight excluding hydrogens is 274 g/mol. The number of allylic oxidation sites excluding steroid dienone is 4. The van der Waals surface area contributed by atoms with Crippen molar-refractivity contribution in [3.8, 4) is 0 Å². The van der Waals surface area contributed by atoms with Gasteiger partial charge in [-0.25, -0.2) is 4.90 Å². The lowest BCUT2D eigenvalue weighted by Gasteiger charge is -2.19. The zero-order chi connectivity index (χ0) is 15.4. The minimum Gasteiger partial charge on any atom is -0.274 e. The summed E-state index contributed by atoms with van der Waals surface area (Å²) in [7, 11) is 0. The second-order valence-corrected chi connectivity index (χ2v) is 6.42. The third-order valence-corrected chi connectivity index (χ3v) is 5.45. The number of hydrogen-bond acceptors (Lipinski definition) is 2. The first-order chi connectivity index (χ1) is 10.6. The fourth-order valence-corrected chi connectivity index (χ4v) is 4.37. The molecule has 2 bridgehead atoms. The Balaban J connectivity index is 1.77. The molecule has 1 saturated heterocycles. The first-order valence-corrected chi connectivity index (χ1v) is 7.96. The molecule has 1 aliphatic heterocycles. The van der Waals surface area contributed by atoms with Gasteiger partial charge in [0.15, 0.2) is 0 Å². The molecule has 0 radical (unpaired) electrons. The van der Waals surface area contributed by atoms with E-state index in [0.717, 1.165) is 6.42 Å². The smallest absolute Gasteiger partial charge is 0.238 e. The number of nitrogens with zero attached hydrogens (tertiary/aromatic N) is 1. The van der Waals surface area contributed by atoms with Crippen LogP contribution in [0.15, 0.2) is 53.6 Å². The normalized spacial score (nSPS) is 34.5. The number of carbonyl (C=O) groups is 2. The van der Waals surface area contributed by atoms with Crippen LogP contribution in [0.2, 0.25) is 0 Å². The van der Waals surface area contributed by atoms with E-state index in [1.807, 2.05) is 30.3 Å². The Labute approximate surface area is 130 Å². The number of para-hydroxylation sites is 1. The Kier molecular flexibility index (Phi) is 2.86. The van der Waals surface area contributed by atoms with Gasteiger partial charge in [-0.1, -0.05) is 48.4 Å². The van der Waals surface area contributed by atoms with Crippen molar-refractivity contribution in [2.75, 3.05) is 4.90 Å². The topological polar surface area (TPSA) is 37.4 Å². The number of fused-ring (bicyclic) bond motifs is 5. The van der Waals surface area contributed by atoms with Gasteiger partial charge < -0.3 is 0 Å². The first kappa shape index (κ1) is 13.5. The van der Waals surface area contributed by atoms with Crippen LogP contribution in [0.1, 0.15) is 20.3 Å². The Morgan fingerprint density at radius 2 is 1.55 bits per heavy atom. The summed E-state index contributed by atoms with van der Waals surface area (Å²) in [6.07, 6.45) is 5.26. The van der Waals surface area contributed by atoms with Crippen molar-refractivity contribution in [1.29, 1.82) is 0 Å². The molecule has 22 heavy (non-hydrogen) atoms. The second-order valence-electron chi connectivity index (χ2n) is 6.42. The third-order valence-electron chi connectivity index (χ3n) is 5.45. The minimum absolute atomic E-state index is 0.0283. The standard InChI is InChI=1S/C19H19NO2/c1-3-11(2)15-13-9-10-14(15)17-16(13)18(21)20(19(17)22)12-7-5-4-6-8-12/h4-10,13-14,16-17H,3H2,1-2H3/t13-,14+,16+,17-. The molecule has 1 aromatic rings. The van der Waals surface area contributed by atoms with Crippen LogP contribution in [0, 0.1) is 23.7 Å². The number of amides is 2. The Morgan fingerprint density at radius 1 is 1.00 bits per heavy atom. The van der Waals surface area contributed by atoms with Crippen molar-refractivity contribution in [3.05, 3.63) is 53.6 Å². The van der Waals surface area contributed by atoms with Gasteiger partial charge in [0.05, 0.1) is 17.5 Å². The maximum atomic E-state index is 12.9. The molecule has 112 valence electrons. The predicted molar refractivity (Wildman–Crippen MR) is 85.0 cm³/mol. The van der Waals surface area contributed by atoms with E-state index in [1.165, 1.54) is 16.0 Å². The summed E-state index contributed by atoms with van der Waals surface area (Å²) in [5, 5.41) is 0. The number of carbonyl (C=O) groups excluding carboxylic acids is 2. The van der Waals surface area contributed by atoms with Crippen molar-refractivity contribution in [1.82, 2.24) is 0 Å². The van der Waals surface area contributed by atoms with E-state index in [2.05, 4.69) is 26.0 Å². The summed E-state index contributed by atoms with van der Waals surface area (Å²) >= 11 is 0. The molecule has 1 aromatic carbocycles. The highest BCUT2D eigenvalue weighted by atomic mass is 16.2. The predicted octanol–water partition coefficient (Wildman–Crippen LogP) is 3.33. The zero-order valence-electron chi connectivity index (χ0n) is 12.8. The monoisotopic (exact) mass is 293 g/mol.